The zero-order chi connectivity index (χ0) is 18.5. The average Bonchev–Trinajstić information content (AvgIpc) is 2.90. The molecule has 0 saturated heterocycles. The van der Waals surface area contributed by atoms with Gasteiger partial charge in [0, 0.05) is 44.1 Å². The molecule has 2 N–H and O–H groups in total. The molecule has 6 heteroatoms. The highest BCUT2D eigenvalue weighted by molar-refractivity contribution is 5.61. The molecular formula is C21H23N5O. The SMILES string of the molecule is COc1ccc(CN2CCNc3cnc(Nc4ccccc4)cc3C2)cn1. The Hall–Kier alpha value is -3.12. The third kappa shape index (κ3) is 4.35. The standard InChI is InChI=1S/C21H23N5O/c1-27-21-8-7-16(12-24-21)14-26-10-9-22-19-13-23-20(11-17(19)15-26)25-18-5-3-2-4-6-18/h2-8,11-13,22H,9-10,14-15H2,1H3,(H,23,25). The second-order valence-electron chi connectivity index (χ2n) is 6.56. The van der Waals surface area contributed by atoms with Crippen molar-refractivity contribution in [2.24, 2.45) is 0 Å². The Labute approximate surface area is 159 Å². The maximum Gasteiger partial charge on any atom is 0.212 e. The molecule has 0 atom stereocenters. The Kier molecular flexibility index (Phi) is 5.16. The molecule has 6 nitrogen and oxygen atoms in total. The summed E-state index contributed by atoms with van der Waals surface area (Å²) in [5.41, 5.74) is 4.55. The van der Waals surface area contributed by atoms with Gasteiger partial charge in [-0.2, -0.15) is 0 Å². The lowest BCUT2D eigenvalue weighted by Gasteiger charge is -2.20. The monoisotopic (exact) mass is 361 g/mol. The Morgan fingerprint density at radius 3 is 2.78 bits per heavy atom. The van der Waals surface area contributed by atoms with E-state index in [2.05, 4.69) is 37.6 Å². The summed E-state index contributed by atoms with van der Waals surface area (Å²) >= 11 is 0. The highest BCUT2D eigenvalue weighted by Crippen LogP contribution is 2.25. The van der Waals surface area contributed by atoms with E-state index < -0.39 is 0 Å². The van der Waals surface area contributed by atoms with Crippen molar-refractivity contribution in [1.82, 2.24) is 14.9 Å². The summed E-state index contributed by atoms with van der Waals surface area (Å²) in [4.78, 5) is 11.3. The fourth-order valence-electron chi connectivity index (χ4n) is 3.21. The first-order valence-corrected chi connectivity index (χ1v) is 9.06. The summed E-state index contributed by atoms with van der Waals surface area (Å²) in [7, 11) is 1.63. The number of aromatic nitrogens is 2. The highest BCUT2D eigenvalue weighted by Gasteiger charge is 2.15. The van der Waals surface area contributed by atoms with Crippen molar-refractivity contribution < 1.29 is 4.74 Å². The van der Waals surface area contributed by atoms with Crippen molar-refractivity contribution in [1.29, 1.82) is 0 Å². The number of hydrogen-bond acceptors (Lipinski definition) is 6. The molecule has 3 heterocycles. The topological polar surface area (TPSA) is 62.3 Å². The van der Waals surface area contributed by atoms with Gasteiger partial charge in [-0.1, -0.05) is 24.3 Å². The van der Waals surface area contributed by atoms with Crippen LogP contribution in [-0.2, 0) is 13.1 Å². The van der Waals surface area contributed by atoms with Crippen molar-refractivity contribution in [3.8, 4) is 5.88 Å². The van der Waals surface area contributed by atoms with Gasteiger partial charge in [0.05, 0.1) is 19.0 Å². The average molecular weight is 361 g/mol. The summed E-state index contributed by atoms with van der Waals surface area (Å²) in [6.07, 6.45) is 3.80. The molecule has 1 aliphatic rings. The van der Waals surface area contributed by atoms with Crippen LogP contribution < -0.4 is 15.4 Å². The van der Waals surface area contributed by atoms with Crippen LogP contribution in [0.2, 0.25) is 0 Å². The van der Waals surface area contributed by atoms with Gasteiger partial charge in [-0.15, -0.1) is 0 Å². The molecule has 1 aliphatic heterocycles. The normalized spacial score (nSPS) is 14.0. The van der Waals surface area contributed by atoms with E-state index in [4.69, 9.17) is 4.74 Å². The Morgan fingerprint density at radius 2 is 2.00 bits per heavy atom. The fraction of sp³-hybridized carbons (Fsp3) is 0.238. The van der Waals surface area contributed by atoms with Crippen LogP contribution in [0.3, 0.4) is 0 Å². The third-order valence-electron chi connectivity index (χ3n) is 4.59. The van der Waals surface area contributed by atoms with Crippen LogP contribution in [0.5, 0.6) is 5.88 Å². The third-order valence-corrected chi connectivity index (χ3v) is 4.59. The second kappa shape index (κ2) is 8.05. The van der Waals surface area contributed by atoms with E-state index in [1.807, 2.05) is 48.8 Å². The molecule has 0 amide bonds. The van der Waals surface area contributed by atoms with Gasteiger partial charge in [-0.25, -0.2) is 9.97 Å². The van der Waals surface area contributed by atoms with E-state index in [-0.39, 0.29) is 0 Å². The molecule has 3 aromatic rings. The molecule has 4 rings (SSSR count). The number of nitrogens with zero attached hydrogens (tertiary/aromatic N) is 3. The molecule has 0 aliphatic carbocycles. The van der Waals surface area contributed by atoms with E-state index in [1.54, 1.807) is 7.11 Å². The van der Waals surface area contributed by atoms with Gasteiger partial charge in [-0.3, -0.25) is 4.90 Å². The fourth-order valence-corrected chi connectivity index (χ4v) is 3.21. The molecule has 0 unspecified atom stereocenters. The van der Waals surface area contributed by atoms with E-state index in [0.29, 0.717) is 5.88 Å². The number of benzene rings is 1. The van der Waals surface area contributed by atoms with Crippen molar-refractivity contribution >= 4 is 17.2 Å². The summed E-state index contributed by atoms with van der Waals surface area (Å²) in [5, 5.41) is 6.85. The summed E-state index contributed by atoms with van der Waals surface area (Å²) in [6.45, 7) is 3.56. The van der Waals surface area contributed by atoms with Crippen LogP contribution in [-0.4, -0.2) is 35.1 Å². The van der Waals surface area contributed by atoms with Crippen molar-refractivity contribution in [3.63, 3.8) is 0 Å². The number of pyridine rings is 2. The number of rotatable bonds is 5. The van der Waals surface area contributed by atoms with Gasteiger partial charge < -0.3 is 15.4 Å². The van der Waals surface area contributed by atoms with Crippen LogP contribution in [0, 0.1) is 0 Å². The molecule has 2 aromatic heterocycles. The molecule has 0 fully saturated rings. The largest absolute Gasteiger partial charge is 0.481 e. The zero-order valence-electron chi connectivity index (χ0n) is 15.4. The number of methoxy groups -OCH3 is 1. The first-order chi connectivity index (χ1) is 13.3. The molecule has 0 radical (unpaired) electrons. The lowest BCUT2D eigenvalue weighted by atomic mass is 10.2. The number of fused-ring (bicyclic) bond motifs is 1. The summed E-state index contributed by atoms with van der Waals surface area (Å²) < 4.78 is 5.14. The maximum absolute atomic E-state index is 5.14. The highest BCUT2D eigenvalue weighted by atomic mass is 16.5. The van der Waals surface area contributed by atoms with E-state index >= 15 is 0 Å². The molecule has 0 spiro atoms. The smallest absolute Gasteiger partial charge is 0.212 e. The lowest BCUT2D eigenvalue weighted by molar-refractivity contribution is 0.271. The van der Waals surface area contributed by atoms with Crippen LogP contribution in [0.25, 0.3) is 0 Å². The van der Waals surface area contributed by atoms with E-state index in [9.17, 15) is 0 Å². The van der Waals surface area contributed by atoms with Gasteiger partial charge in [0.15, 0.2) is 0 Å². The van der Waals surface area contributed by atoms with Crippen LogP contribution >= 0.6 is 0 Å². The minimum atomic E-state index is 0.643. The quantitative estimate of drug-likeness (QED) is 0.723. The van der Waals surface area contributed by atoms with Gasteiger partial charge >= 0.3 is 0 Å². The van der Waals surface area contributed by atoms with Crippen LogP contribution in [0.4, 0.5) is 17.2 Å². The zero-order valence-corrected chi connectivity index (χ0v) is 15.4. The van der Waals surface area contributed by atoms with Crippen molar-refractivity contribution in [3.05, 3.63) is 72.1 Å². The van der Waals surface area contributed by atoms with Crippen LogP contribution in [0.15, 0.2) is 60.9 Å². The second-order valence-corrected chi connectivity index (χ2v) is 6.56. The molecular weight excluding hydrogens is 338 g/mol. The van der Waals surface area contributed by atoms with Gasteiger partial charge in [0.2, 0.25) is 5.88 Å². The van der Waals surface area contributed by atoms with Gasteiger partial charge in [0.1, 0.15) is 5.82 Å². The predicted octanol–water partition coefficient (Wildman–Crippen LogP) is 3.66. The molecule has 1 aromatic carbocycles. The molecule has 138 valence electrons. The summed E-state index contributed by atoms with van der Waals surface area (Å²) in [5.74, 6) is 1.50. The van der Waals surface area contributed by atoms with Crippen LogP contribution in [0.1, 0.15) is 11.1 Å². The lowest BCUT2D eigenvalue weighted by Crippen LogP contribution is -2.25. The molecule has 0 saturated carbocycles. The van der Waals surface area contributed by atoms with Gasteiger partial charge in [-0.05, 0) is 29.3 Å². The Morgan fingerprint density at radius 1 is 1.11 bits per heavy atom. The Balaban J connectivity index is 1.49. The first kappa shape index (κ1) is 17.3. The number of anilines is 3. The molecule has 0 bridgehead atoms. The first-order valence-electron chi connectivity index (χ1n) is 9.06. The van der Waals surface area contributed by atoms with Crippen molar-refractivity contribution in [2.45, 2.75) is 13.1 Å². The maximum atomic E-state index is 5.14. The number of nitrogens with one attached hydrogen (secondary N) is 2. The molecule has 27 heavy (non-hydrogen) atoms. The minimum absolute atomic E-state index is 0.643. The minimum Gasteiger partial charge on any atom is -0.481 e. The van der Waals surface area contributed by atoms with Crippen molar-refractivity contribution in [2.75, 3.05) is 30.8 Å². The Bertz CT molecular complexity index is 883. The number of para-hydroxylation sites is 1. The summed E-state index contributed by atoms with van der Waals surface area (Å²) in [6, 6.07) is 16.2. The van der Waals surface area contributed by atoms with E-state index in [0.717, 1.165) is 43.4 Å². The van der Waals surface area contributed by atoms with Gasteiger partial charge in [0.25, 0.3) is 0 Å². The number of ether oxygens (including phenoxy) is 1. The number of hydrogen-bond donors (Lipinski definition) is 2. The predicted molar refractivity (Wildman–Crippen MR) is 107 cm³/mol. The van der Waals surface area contributed by atoms with E-state index in [1.165, 1.54) is 11.1 Å².